The molecule has 1 aliphatic heterocycles. The summed E-state index contributed by atoms with van der Waals surface area (Å²) in [6, 6.07) is 17.2. The summed E-state index contributed by atoms with van der Waals surface area (Å²) in [6.07, 6.45) is 0.544. The average molecular weight is 387 g/mol. The normalized spacial score (nSPS) is 18.5. The Bertz CT molecular complexity index is 731. The Kier molecular flexibility index (Phi) is 5.00. The number of anilines is 1. The molecular formula is C19H19BrN2O2. The van der Waals surface area contributed by atoms with E-state index < -0.39 is 5.92 Å². The molecule has 1 saturated heterocycles. The topological polar surface area (TPSA) is 49.4 Å². The Morgan fingerprint density at radius 1 is 1.17 bits per heavy atom. The zero-order chi connectivity index (χ0) is 17.1. The number of nitrogens with zero attached hydrogens (tertiary/aromatic N) is 1. The lowest BCUT2D eigenvalue weighted by Crippen LogP contribution is -2.38. The van der Waals surface area contributed by atoms with Gasteiger partial charge in [-0.1, -0.05) is 46.3 Å². The standard InChI is InChI=1S/C19H19BrN2O2/c1-13(14-5-3-2-4-6-14)21-18(23)17-11-12-22(19(17)24)16-9-7-15(20)8-10-16/h2-10,13,17H,11-12H2,1H3,(H,21,23)/t13-,17-/m0/s1. The summed E-state index contributed by atoms with van der Waals surface area (Å²) >= 11 is 3.39. The van der Waals surface area contributed by atoms with Crippen LogP contribution in [0.2, 0.25) is 0 Å². The van der Waals surface area contributed by atoms with Crippen LogP contribution in [0.5, 0.6) is 0 Å². The van der Waals surface area contributed by atoms with Crippen LogP contribution in [0.3, 0.4) is 0 Å². The number of carbonyl (C=O) groups excluding carboxylic acids is 2. The lowest BCUT2D eigenvalue weighted by molar-refractivity contribution is -0.132. The third kappa shape index (κ3) is 3.51. The van der Waals surface area contributed by atoms with Crippen molar-refractivity contribution in [1.82, 2.24) is 5.32 Å². The van der Waals surface area contributed by atoms with Crippen LogP contribution in [0.15, 0.2) is 59.1 Å². The van der Waals surface area contributed by atoms with E-state index in [1.165, 1.54) is 0 Å². The van der Waals surface area contributed by atoms with Gasteiger partial charge in [0.1, 0.15) is 5.92 Å². The lowest BCUT2D eigenvalue weighted by Gasteiger charge is -2.19. The maximum absolute atomic E-state index is 12.6. The summed E-state index contributed by atoms with van der Waals surface area (Å²) in [4.78, 5) is 26.8. The predicted molar refractivity (Wildman–Crippen MR) is 97.6 cm³/mol. The number of halogens is 1. The summed E-state index contributed by atoms with van der Waals surface area (Å²) in [7, 11) is 0. The molecule has 4 nitrogen and oxygen atoms in total. The van der Waals surface area contributed by atoms with E-state index in [2.05, 4.69) is 21.2 Å². The highest BCUT2D eigenvalue weighted by atomic mass is 79.9. The fraction of sp³-hybridized carbons (Fsp3) is 0.263. The minimum absolute atomic E-state index is 0.117. The van der Waals surface area contributed by atoms with Gasteiger partial charge in [0, 0.05) is 16.7 Å². The van der Waals surface area contributed by atoms with Crippen LogP contribution >= 0.6 is 15.9 Å². The van der Waals surface area contributed by atoms with Gasteiger partial charge < -0.3 is 10.2 Å². The summed E-state index contributed by atoms with van der Waals surface area (Å²) in [6.45, 7) is 2.50. The molecule has 1 fully saturated rings. The van der Waals surface area contributed by atoms with E-state index in [-0.39, 0.29) is 17.9 Å². The van der Waals surface area contributed by atoms with E-state index in [1.807, 2.05) is 61.5 Å². The fourth-order valence-corrected chi connectivity index (χ4v) is 3.20. The van der Waals surface area contributed by atoms with Gasteiger partial charge in [-0.2, -0.15) is 0 Å². The van der Waals surface area contributed by atoms with E-state index in [9.17, 15) is 9.59 Å². The molecule has 124 valence electrons. The van der Waals surface area contributed by atoms with Crippen molar-refractivity contribution in [3.8, 4) is 0 Å². The van der Waals surface area contributed by atoms with Gasteiger partial charge in [0.05, 0.1) is 6.04 Å². The quantitative estimate of drug-likeness (QED) is 0.814. The van der Waals surface area contributed by atoms with Crippen molar-refractivity contribution in [3.63, 3.8) is 0 Å². The number of carbonyl (C=O) groups is 2. The van der Waals surface area contributed by atoms with Crippen LogP contribution < -0.4 is 10.2 Å². The zero-order valence-electron chi connectivity index (χ0n) is 13.4. The molecule has 0 radical (unpaired) electrons. The van der Waals surface area contributed by atoms with E-state index in [1.54, 1.807) is 4.90 Å². The molecule has 24 heavy (non-hydrogen) atoms. The molecular weight excluding hydrogens is 368 g/mol. The Hall–Kier alpha value is -2.14. The molecule has 0 unspecified atom stereocenters. The highest BCUT2D eigenvalue weighted by Gasteiger charge is 2.37. The van der Waals surface area contributed by atoms with Crippen LogP contribution in [0.25, 0.3) is 0 Å². The number of nitrogens with one attached hydrogen (secondary N) is 1. The van der Waals surface area contributed by atoms with Crippen LogP contribution in [-0.4, -0.2) is 18.4 Å². The molecule has 0 saturated carbocycles. The second-order valence-corrected chi connectivity index (χ2v) is 6.86. The second kappa shape index (κ2) is 7.18. The van der Waals surface area contributed by atoms with E-state index in [0.717, 1.165) is 15.7 Å². The molecule has 0 bridgehead atoms. The molecule has 0 aromatic heterocycles. The predicted octanol–water partition coefficient (Wildman–Crippen LogP) is 3.68. The number of benzene rings is 2. The molecule has 2 aromatic carbocycles. The molecule has 2 atom stereocenters. The number of rotatable bonds is 4. The number of hydrogen-bond donors (Lipinski definition) is 1. The molecule has 2 amide bonds. The lowest BCUT2D eigenvalue weighted by atomic mass is 10.0. The molecule has 5 heteroatoms. The van der Waals surface area contributed by atoms with Gasteiger partial charge in [-0.15, -0.1) is 0 Å². The minimum Gasteiger partial charge on any atom is -0.349 e. The van der Waals surface area contributed by atoms with Gasteiger partial charge in [-0.3, -0.25) is 9.59 Å². The van der Waals surface area contributed by atoms with Gasteiger partial charge in [-0.05, 0) is 43.2 Å². The summed E-state index contributed by atoms with van der Waals surface area (Å²) in [5.41, 5.74) is 1.86. The largest absolute Gasteiger partial charge is 0.349 e. The van der Waals surface area contributed by atoms with E-state index in [0.29, 0.717) is 13.0 Å². The third-order valence-electron chi connectivity index (χ3n) is 4.32. The first-order valence-electron chi connectivity index (χ1n) is 7.98. The Morgan fingerprint density at radius 3 is 2.50 bits per heavy atom. The second-order valence-electron chi connectivity index (χ2n) is 5.95. The molecule has 1 aliphatic rings. The van der Waals surface area contributed by atoms with Crippen molar-refractivity contribution in [2.24, 2.45) is 5.92 Å². The number of amides is 2. The summed E-state index contributed by atoms with van der Waals surface area (Å²) in [5, 5.41) is 2.96. The van der Waals surface area contributed by atoms with Gasteiger partial charge in [-0.25, -0.2) is 0 Å². The molecule has 1 N–H and O–H groups in total. The van der Waals surface area contributed by atoms with Gasteiger partial charge in [0.25, 0.3) is 0 Å². The molecule has 1 heterocycles. The van der Waals surface area contributed by atoms with Crippen LogP contribution in [0.1, 0.15) is 24.9 Å². The van der Waals surface area contributed by atoms with Crippen molar-refractivity contribution in [3.05, 3.63) is 64.6 Å². The first-order chi connectivity index (χ1) is 11.6. The highest BCUT2D eigenvalue weighted by molar-refractivity contribution is 9.10. The highest BCUT2D eigenvalue weighted by Crippen LogP contribution is 2.27. The molecule has 0 spiro atoms. The van der Waals surface area contributed by atoms with Gasteiger partial charge in [0.2, 0.25) is 11.8 Å². The smallest absolute Gasteiger partial charge is 0.239 e. The summed E-state index contributed by atoms with van der Waals surface area (Å²) in [5.74, 6) is -0.939. The van der Waals surface area contributed by atoms with Gasteiger partial charge in [0.15, 0.2) is 0 Å². The maximum Gasteiger partial charge on any atom is 0.239 e. The Morgan fingerprint density at radius 2 is 1.83 bits per heavy atom. The van der Waals surface area contributed by atoms with Crippen LogP contribution in [0, 0.1) is 5.92 Å². The molecule has 3 rings (SSSR count). The maximum atomic E-state index is 12.6. The zero-order valence-corrected chi connectivity index (χ0v) is 15.0. The molecule has 2 aromatic rings. The minimum atomic E-state index is -0.611. The van der Waals surface area contributed by atoms with Crippen molar-refractivity contribution < 1.29 is 9.59 Å². The van der Waals surface area contributed by atoms with Crippen molar-refractivity contribution in [1.29, 1.82) is 0 Å². The SMILES string of the molecule is C[C@H](NC(=O)[C@@H]1CCN(c2ccc(Br)cc2)C1=O)c1ccccc1. The molecule has 0 aliphatic carbocycles. The Balaban J connectivity index is 1.66. The van der Waals surface area contributed by atoms with Crippen LogP contribution in [-0.2, 0) is 9.59 Å². The van der Waals surface area contributed by atoms with Crippen LogP contribution in [0.4, 0.5) is 5.69 Å². The first-order valence-corrected chi connectivity index (χ1v) is 8.78. The monoisotopic (exact) mass is 386 g/mol. The van der Waals surface area contributed by atoms with Crippen molar-refractivity contribution in [2.45, 2.75) is 19.4 Å². The first kappa shape index (κ1) is 16.7. The Labute approximate surface area is 150 Å². The van der Waals surface area contributed by atoms with E-state index >= 15 is 0 Å². The van der Waals surface area contributed by atoms with Crippen molar-refractivity contribution in [2.75, 3.05) is 11.4 Å². The van der Waals surface area contributed by atoms with Gasteiger partial charge >= 0.3 is 0 Å². The van der Waals surface area contributed by atoms with E-state index in [4.69, 9.17) is 0 Å². The summed E-state index contributed by atoms with van der Waals surface area (Å²) < 4.78 is 0.962. The number of hydrogen-bond acceptors (Lipinski definition) is 2. The third-order valence-corrected chi connectivity index (χ3v) is 4.85. The fourth-order valence-electron chi connectivity index (χ4n) is 2.94. The average Bonchev–Trinajstić information content (AvgIpc) is 2.98. The van der Waals surface area contributed by atoms with Crippen molar-refractivity contribution >= 4 is 33.4 Å².